The molecule has 2 aromatic carbocycles. The van der Waals surface area contributed by atoms with E-state index in [4.69, 9.17) is 16.4 Å². The third kappa shape index (κ3) is 3.42. The van der Waals surface area contributed by atoms with Crippen molar-refractivity contribution in [2.45, 2.75) is 31.9 Å². The molecule has 2 aliphatic heterocycles. The van der Waals surface area contributed by atoms with Crippen LogP contribution >= 0.6 is 11.6 Å². The van der Waals surface area contributed by atoms with Crippen LogP contribution in [0.4, 0.5) is 11.4 Å². The van der Waals surface area contributed by atoms with Gasteiger partial charge >= 0.3 is 0 Å². The molecule has 3 atom stereocenters. The number of amides is 2. The van der Waals surface area contributed by atoms with Crippen molar-refractivity contribution in [2.24, 2.45) is 5.92 Å². The molecule has 2 saturated heterocycles. The molecule has 0 aromatic heterocycles. The smallest absolute Gasteiger partial charge is 0.269 e. The van der Waals surface area contributed by atoms with E-state index < -0.39 is 23.0 Å². The molecule has 2 amide bonds. The summed E-state index contributed by atoms with van der Waals surface area (Å²) in [5.41, 5.74) is 1.04. The molecule has 156 valence electrons. The third-order valence-electron chi connectivity index (χ3n) is 5.45. The summed E-state index contributed by atoms with van der Waals surface area (Å²) in [7, 11) is 0. The number of likely N-dealkylation sites (tertiary alicyclic amines) is 1. The number of nitro groups is 1. The van der Waals surface area contributed by atoms with Gasteiger partial charge in [0, 0.05) is 23.7 Å². The van der Waals surface area contributed by atoms with Crippen LogP contribution in [-0.2, 0) is 14.4 Å². The Morgan fingerprint density at radius 3 is 2.53 bits per heavy atom. The molecule has 4 rings (SSSR count). The predicted octanol–water partition coefficient (Wildman–Crippen LogP) is 3.89. The molecule has 2 aliphatic rings. The maximum absolute atomic E-state index is 13.2. The van der Waals surface area contributed by atoms with Crippen LogP contribution in [0.3, 0.4) is 0 Å². The number of benzene rings is 2. The maximum Gasteiger partial charge on any atom is 0.269 e. The number of rotatable bonds is 6. The van der Waals surface area contributed by atoms with Gasteiger partial charge in [0.05, 0.1) is 16.7 Å². The molecule has 30 heavy (non-hydrogen) atoms. The second-order valence-corrected chi connectivity index (χ2v) is 7.77. The molecule has 0 aliphatic carbocycles. The van der Waals surface area contributed by atoms with Gasteiger partial charge in [-0.1, -0.05) is 37.1 Å². The lowest BCUT2D eigenvalue weighted by atomic mass is 9.90. The van der Waals surface area contributed by atoms with E-state index in [9.17, 15) is 19.7 Å². The number of hydrogen-bond acceptors (Lipinski definition) is 6. The Balaban J connectivity index is 1.77. The van der Waals surface area contributed by atoms with Gasteiger partial charge in [-0.15, -0.1) is 0 Å². The second-order valence-electron chi connectivity index (χ2n) is 7.33. The number of fused-ring (bicyclic) bond motifs is 1. The zero-order valence-corrected chi connectivity index (χ0v) is 17.0. The van der Waals surface area contributed by atoms with Crippen molar-refractivity contribution < 1.29 is 19.3 Å². The van der Waals surface area contributed by atoms with E-state index in [1.54, 1.807) is 36.4 Å². The first kappa shape index (κ1) is 20.3. The van der Waals surface area contributed by atoms with E-state index in [1.807, 2.05) is 6.92 Å². The first-order valence-electron chi connectivity index (χ1n) is 9.73. The van der Waals surface area contributed by atoms with Gasteiger partial charge in [-0.05, 0) is 36.2 Å². The van der Waals surface area contributed by atoms with E-state index in [0.29, 0.717) is 29.2 Å². The lowest BCUT2D eigenvalue weighted by Gasteiger charge is -2.28. The predicted molar refractivity (Wildman–Crippen MR) is 110 cm³/mol. The molecule has 9 heteroatoms. The molecule has 0 spiro atoms. The van der Waals surface area contributed by atoms with Crippen LogP contribution in [-0.4, -0.2) is 34.3 Å². The fraction of sp³-hybridized carbons (Fsp3) is 0.333. The Bertz CT molecular complexity index is 996. The number of halogens is 1. The highest BCUT2D eigenvalue weighted by molar-refractivity contribution is 6.30. The zero-order valence-electron chi connectivity index (χ0n) is 16.2. The van der Waals surface area contributed by atoms with Crippen molar-refractivity contribution >= 4 is 34.8 Å². The minimum absolute atomic E-state index is 0.0911. The normalized spacial score (nSPS) is 23.2. The Morgan fingerprint density at radius 2 is 1.87 bits per heavy atom. The molecular weight excluding hydrogens is 410 g/mol. The monoisotopic (exact) mass is 429 g/mol. The first-order valence-corrected chi connectivity index (χ1v) is 10.1. The van der Waals surface area contributed by atoms with E-state index in [2.05, 4.69) is 0 Å². The molecule has 0 radical (unpaired) electrons. The summed E-state index contributed by atoms with van der Waals surface area (Å²) in [6, 6.07) is 12.2. The van der Waals surface area contributed by atoms with Crippen molar-refractivity contribution in [3.63, 3.8) is 0 Å². The van der Waals surface area contributed by atoms with Crippen LogP contribution in [0.25, 0.3) is 0 Å². The van der Waals surface area contributed by atoms with Crippen molar-refractivity contribution in [1.29, 1.82) is 0 Å². The van der Waals surface area contributed by atoms with Crippen LogP contribution in [0.2, 0.25) is 5.02 Å². The molecule has 3 unspecified atom stereocenters. The number of imide groups is 1. The van der Waals surface area contributed by atoms with Gasteiger partial charge in [-0.2, -0.15) is 0 Å². The molecule has 2 aromatic rings. The molecule has 2 fully saturated rings. The molecular formula is C21H20ClN3O5. The summed E-state index contributed by atoms with van der Waals surface area (Å²) in [6.07, 6.45) is 0.590. The summed E-state index contributed by atoms with van der Waals surface area (Å²) >= 11 is 5.99. The van der Waals surface area contributed by atoms with Gasteiger partial charge in [-0.25, -0.2) is 5.06 Å². The minimum atomic E-state index is -0.964. The maximum atomic E-state index is 13.2. The number of nitrogens with zero attached hydrogens (tertiary/aromatic N) is 3. The summed E-state index contributed by atoms with van der Waals surface area (Å²) in [4.78, 5) is 44.1. The highest BCUT2D eigenvalue weighted by Crippen LogP contribution is 2.47. The van der Waals surface area contributed by atoms with Crippen LogP contribution in [0.15, 0.2) is 48.5 Å². The summed E-state index contributed by atoms with van der Waals surface area (Å²) in [5, 5.41) is 13.3. The molecule has 0 bridgehead atoms. The Kier molecular flexibility index (Phi) is 5.44. The van der Waals surface area contributed by atoms with Crippen LogP contribution in [0.5, 0.6) is 0 Å². The fourth-order valence-corrected chi connectivity index (χ4v) is 4.11. The van der Waals surface area contributed by atoms with E-state index in [1.165, 1.54) is 22.1 Å². The van der Waals surface area contributed by atoms with E-state index >= 15 is 0 Å². The summed E-state index contributed by atoms with van der Waals surface area (Å²) in [6.45, 7) is 2.32. The molecule has 0 saturated carbocycles. The largest absolute Gasteiger partial charge is 0.280 e. The van der Waals surface area contributed by atoms with Crippen molar-refractivity contribution in [3.8, 4) is 0 Å². The number of hydrogen-bond donors (Lipinski definition) is 0. The average Bonchev–Trinajstić information content (AvgIpc) is 3.24. The number of carbonyl (C=O) groups excluding carboxylic acids is 2. The van der Waals surface area contributed by atoms with Crippen molar-refractivity contribution in [2.75, 3.05) is 11.6 Å². The topological polar surface area (TPSA) is 93.0 Å². The van der Waals surface area contributed by atoms with Gasteiger partial charge < -0.3 is 0 Å². The van der Waals surface area contributed by atoms with Crippen molar-refractivity contribution in [3.05, 3.63) is 69.2 Å². The summed E-state index contributed by atoms with van der Waals surface area (Å²) < 4.78 is 0. The lowest BCUT2D eigenvalue weighted by Crippen LogP contribution is -2.37. The second kappa shape index (κ2) is 8.04. The quantitative estimate of drug-likeness (QED) is 0.393. The Labute approximate surface area is 178 Å². The number of unbranched alkanes of at least 4 members (excludes halogenated alkanes) is 1. The van der Waals surface area contributed by atoms with Crippen LogP contribution in [0.1, 0.15) is 31.4 Å². The Morgan fingerprint density at radius 1 is 1.13 bits per heavy atom. The fourth-order valence-electron chi connectivity index (χ4n) is 3.98. The zero-order chi connectivity index (χ0) is 21.4. The average molecular weight is 430 g/mol. The van der Waals surface area contributed by atoms with Gasteiger partial charge in [0.25, 0.3) is 11.6 Å². The van der Waals surface area contributed by atoms with Gasteiger partial charge in [0.15, 0.2) is 6.10 Å². The van der Waals surface area contributed by atoms with E-state index in [-0.39, 0.29) is 17.5 Å². The number of anilines is 1. The third-order valence-corrected chi connectivity index (χ3v) is 5.70. The van der Waals surface area contributed by atoms with Gasteiger partial charge in [0.2, 0.25) is 5.91 Å². The number of carbonyl (C=O) groups is 2. The number of nitro benzene ring substituents is 1. The first-order chi connectivity index (χ1) is 14.4. The molecule has 0 N–H and O–H groups in total. The molecule has 8 nitrogen and oxygen atoms in total. The minimum Gasteiger partial charge on any atom is -0.280 e. The standard InChI is InChI=1S/C21H20ClN3O5/c1-2-3-11-23-20(26)17-18(13-5-4-6-16(12-13)25(28)29)24(30-19(17)21(23)27)15-9-7-14(22)8-10-15/h4-10,12,17-19H,2-3,11H2,1H3. The molecule has 2 heterocycles. The lowest BCUT2D eigenvalue weighted by molar-refractivity contribution is -0.384. The van der Waals surface area contributed by atoms with Crippen LogP contribution in [0, 0.1) is 16.0 Å². The van der Waals surface area contributed by atoms with Crippen LogP contribution < -0.4 is 5.06 Å². The van der Waals surface area contributed by atoms with E-state index in [0.717, 1.165) is 6.42 Å². The SMILES string of the molecule is CCCCN1C(=O)C2ON(c3ccc(Cl)cc3)C(c3cccc([N+](=O)[O-])c3)C2C1=O. The number of hydroxylamine groups is 1. The van der Waals surface area contributed by atoms with Gasteiger partial charge in [0.1, 0.15) is 5.92 Å². The summed E-state index contributed by atoms with van der Waals surface area (Å²) in [5.74, 6) is -1.47. The highest BCUT2D eigenvalue weighted by atomic mass is 35.5. The van der Waals surface area contributed by atoms with Gasteiger partial charge in [-0.3, -0.25) is 29.4 Å². The Hall–Kier alpha value is -2.97. The van der Waals surface area contributed by atoms with Crippen molar-refractivity contribution in [1.82, 2.24) is 4.90 Å². The highest BCUT2D eigenvalue weighted by Gasteiger charge is 2.59. The number of non-ortho nitro benzene ring substituents is 1.